The molecule has 112 valence electrons. The second-order valence-electron chi connectivity index (χ2n) is 4.58. The van der Waals surface area contributed by atoms with Crippen LogP contribution in [0.2, 0.25) is 0 Å². The van der Waals surface area contributed by atoms with Gasteiger partial charge in [0, 0.05) is 6.42 Å². The molecule has 0 aromatic heterocycles. The maximum atomic E-state index is 11.7. The third kappa shape index (κ3) is 4.42. The van der Waals surface area contributed by atoms with E-state index in [9.17, 15) is 4.79 Å². The van der Waals surface area contributed by atoms with Crippen molar-refractivity contribution in [3.63, 3.8) is 0 Å². The molecule has 0 radical (unpaired) electrons. The highest BCUT2D eigenvalue weighted by Crippen LogP contribution is 2.19. The van der Waals surface area contributed by atoms with Crippen molar-refractivity contribution in [1.29, 1.82) is 0 Å². The van der Waals surface area contributed by atoms with Gasteiger partial charge in [0.25, 0.3) is 0 Å². The van der Waals surface area contributed by atoms with Gasteiger partial charge in [0.2, 0.25) is 0 Å². The van der Waals surface area contributed by atoms with E-state index in [0.717, 1.165) is 11.5 Å². The van der Waals surface area contributed by atoms with E-state index >= 15 is 0 Å². The summed E-state index contributed by atoms with van der Waals surface area (Å²) in [5.74, 6) is 1.27. The normalized spacial score (nSPS) is 13.4. The lowest BCUT2D eigenvalue weighted by atomic mass is 9.99. The van der Waals surface area contributed by atoms with E-state index in [-0.39, 0.29) is 5.97 Å². The van der Waals surface area contributed by atoms with Gasteiger partial charge in [-0.25, -0.2) is 0 Å². The molecule has 5 heteroatoms. The molecule has 0 fully saturated rings. The first kappa shape index (κ1) is 16.3. The lowest BCUT2D eigenvalue weighted by Crippen LogP contribution is -2.49. The Balaban J connectivity index is 2.48. The standard InChI is InChI=1S/C15H23NO4/c1-5-19-12-6-8-13(9-7-12)20-11-10-15(2,16-3)14(17)18-4/h6-9,16H,5,10-11H2,1-4H3. The van der Waals surface area contributed by atoms with Gasteiger partial charge in [-0.1, -0.05) is 0 Å². The first-order valence-electron chi connectivity index (χ1n) is 6.68. The highest BCUT2D eigenvalue weighted by molar-refractivity contribution is 5.80. The Labute approximate surface area is 120 Å². The van der Waals surface area contributed by atoms with Gasteiger partial charge in [-0.3, -0.25) is 4.79 Å². The van der Waals surface area contributed by atoms with E-state index in [1.807, 2.05) is 31.2 Å². The number of nitrogens with one attached hydrogen (secondary N) is 1. The fourth-order valence-electron chi connectivity index (χ4n) is 1.73. The predicted molar refractivity (Wildman–Crippen MR) is 77.2 cm³/mol. The van der Waals surface area contributed by atoms with E-state index in [0.29, 0.717) is 19.6 Å². The summed E-state index contributed by atoms with van der Waals surface area (Å²) in [4.78, 5) is 11.7. The average molecular weight is 281 g/mol. The molecule has 1 aromatic rings. The lowest BCUT2D eigenvalue weighted by molar-refractivity contribution is -0.148. The van der Waals surface area contributed by atoms with Crippen LogP contribution >= 0.6 is 0 Å². The van der Waals surface area contributed by atoms with Crippen molar-refractivity contribution in [3.05, 3.63) is 24.3 Å². The van der Waals surface area contributed by atoms with Crippen LogP contribution < -0.4 is 14.8 Å². The molecule has 0 bridgehead atoms. The summed E-state index contributed by atoms with van der Waals surface area (Å²) in [6.45, 7) is 4.79. The van der Waals surface area contributed by atoms with Gasteiger partial charge in [0.05, 0.1) is 20.3 Å². The van der Waals surface area contributed by atoms with Crippen LogP contribution in [0.3, 0.4) is 0 Å². The zero-order valence-electron chi connectivity index (χ0n) is 12.6. The summed E-state index contributed by atoms with van der Waals surface area (Å²) < 4.78 is 15.8. The summed E-state index contributed by atoms with van der Waals surface area (Å²) in [6.07, 6.45) is 0.517. The first-order chi connectivity index (χ1) is 9.55. The summed E-state index contributed by atoms with van der Waals surface area (Å²) in [5.41, 5.74) is -0.736. The molecule has 0 amide bonds. The molecule has 0 saturated carbocycles. The number of hydrogen-bond donors (Lipinski definition) is 1. The number of ether oxygens (including phenoxy) is 3. The number of methoxy groups -OCH3 is 1. The van der Waals surface area contributed by atoms with Crippen LogP contribution in [0, 0.1) is 0 Å². The van der Waals surface area contributed by atoms with Crippen molar-refractivity contribution < 1.29 is 19.0 Å². The van der Waals surface area contributed by atoms with Crippen molar-refractivity contribution in [2.24, 2.45) is 0 Å². The molecule has 1 aromatic carbocycles. The molecular formula is C15H23NO4. The third-order valence-electron chi connectivity index (χ3n) is 3.19. The predicted octanol–water partition coefficient (Wildman–Crippen LogP) is 2.01. The van der Waals surface area contributed by atoms with Crippen molar-refractivity contribution in [1.82, 2.24) is 5.32 Å². The molecular weight excluding hydrogens is 258 g/mol. The summed E-state index contributed by atoms with van der Waals surface area (Å²) in [6, 6.07) is 7.41. The Morgan fingerprint density at radius 1 is 1.20 bits per heavy atom. The molecule has 0 spiro atoms. The van der Waals surface area contributed by atoms with E-state index in [1.54, 1.807) is 14.0 Å². The molecule has 0 heterocycles. The van der Waals surface area contributed by atoms with Gasteiger partial charge in [0.15, 0.2) is 0 Å². The Hall–Kier alpha value is -1.75. The van der Waals surface area contributed by atoms with Crippen molar-refractivity contribution >= 4 is 5.97 Å². The summed E-state index contributed by atoms with van der Waals surface area (Å²) >= 11 is 0. The molecule has 0 aliphatic carbocycles. The molecule has 0 aliphatic rings. The fraction of sp³-hybridized carbons (Fsp3) is 0.533. The Morgan fingerprint density at radius 3 is 2.20 bits per heavy atom. The Kier molecular flexibility index (Phi) is 6.31. The average Bonchev–Trinajstić information content (AvgIpc) is 2.48. The number of esters is 1. The number of rotatable bonds is 8. The van der Waals surface area contributed by atoms with E-state index < -0.39 is 5.54 Å². The molecule has 20 heavy (non-hydrogen) atoms. The van der Waals surface area contributed by atoms with Crippen LogP contribution in [-0.2, 0) is 9.53 Å². The third-order valence-corrected chi connectivity index (χ3v) is 3.19. The maximum Gasteiger partial charge on any atom is 0.325 e. The van der Waals surface area contributed by atoms with Crippen LogP contribution in [0.1, 0.15) is 20.3 Å². The van der Waals surface area contributed by atoms with Crippen molar-refractivity contribution in [2.75, 3.05) is 27.4 Å². The molecule has 1 N–H and O–H groups in total. The van der Waals surface area contributed by atoms with Gasteiger partial charge >= 0.3 is 5.97 Å². The molecule has 5 nitrogen and oxygen atoms in total. The monoisotopic (exact) mass is 281 g/mol. The minimum absolute atomic E-state index is 0.296. The molecule has 1 unspecified atom stereocenters. The SMILES string of the molecule is CCOc1ccc(OCCC(C)(NC)C(=O)OC)cc1. The topological polar surface area (TPSA) is 56.8 Å². The molecule has 1 rings (SSSR count). The van der Waals surface area contributed by atoms with Gasteiger partial charge < -0.3 is 19.5 Å². The first-order valence-corrected chi connectivity index (χ1v) is 6.68. The fourth-order valence-corrected chi connectivity index (χ4v) is 1.73. The number of carbonyl (C=O) groups is 1. The molecule has 1 atom stereocenters. The largest absolute Gasteiger partial charge is 0.494 e. The smallest absolute Gasteiger partial charge is 0.325 e. The van der Waals surface area contributed by atoms with E-state index in [2.05, 4.69) is 5.32 Å². The van der Waals surface area contributed by atoms with Crippen LogP contribution in [0.4, 0.5) is 0 Å². The van der Waals surface area contributed by atoms with E-state index in [4.69, 9.17) is 14.2 Å². The minimum Gasteiger partial charge on any atom is -0.494 e. The van der Waals surface area contributed by atoms with Gasteiger partial charge in [-0.2, -0.15) is 0 Å². The van der Waals surface area contributed by atoms with Crippen LogP contribution in [0.15, 0.2) is 24.3 Å². The second kappa shape index (κ2) is 7.75. The van der Waals surface area contributed by atoms with Crippen LogP contribution in [0.25, 0.3) is 0 Å². The lowest BCUT2D eigenvalue weighted by Gasteiger charge is -2.25. The minimum atomic E-state index is -0.736. The zero-order chi connectivity index (χ0) is 15.0. The highest BCUT2D eigenvalue weighted by Gasteiger charge is 2.32. The quantitative estimate of drug-likeness (QED) is 0.739. The van der Waals surface area contributed by atoms with Crippen molar-refractivity contribution in [3.8, 4) is 11.5 Å². The van der Waals surface area contributed by atoms with Crippen LogP contribution in [-0.4, -0.2) is 38.9 Å². The van der Waals surface area contributed by atoms with Gasteiger partial charge in [-0.05, 0) is 45.2 Å². The number of benzene rings is 1. The molecule has 0 aliphatic heterocycles. The summed E-state index contributed by atoms with van der Waals surface area (Å²) in [7, 11) is 3.11. The summed E-state index contributed by atoms with van der Waals surface area (Å²) in [5, 5.41) is 2.97. The zero-order valence-corrected chi connectivity index (χ0v) is 12.6. The van der Waals surface area contributed by atoms with Crippen LogP contribution in [0.5, 0.6) is 11.5 Å². The van der Waals surface area contributed by atoms with Crippen molar-refractivity contribution in [2.45, 2.75) is 25.8 Å². The van der Waals surface area contributed by atoms with Gasteiger partial charge in [0.1, 0.15) is 17.0 Å². The number of carbonyl (C=O) groups excluding carboxylic acids is 1. The number of hydrogen-bond acceptors (Lipinski definition) is 5. The second-order valence-corrected chi connectivity index (χ2v) is 4.58. The molecule has 0 saturated heterocycles. The maximum absolute atomic E-state index is 11.7. The highest BCUT2D eigenvalue weighted by atomic mass is 16.5. The van der Waals surface area contributed by atoms with E-state index in [1.165, 1.54) is 7.11 Å². The number of likely N-dealkylation sites (N-methyl/N-ethyl adjacent to an activating group) is 1. The van der Waals surface area contributed by atoms with Gasteiger partial charge in [-0.15, -0.1) is 0 Å². The Morgan fingerprint density at radius 2 is 1.75 bits per heavy atom. The Bertz CT molecular complexity index is 418.